The smallest absolute Gasteiger partial charge is 0.288 e. The van der Waals surface area contributed by atoms with E-state index in [2.05, 4.69) is 15.9 Å². The van der Waals surface area contributed by atoms with Crippen molar-refractivity contribution in [2.24, 2.45) is 0 Å². The summed E-state index contributed by atoms with van der Waals surface area (Å²) in [4.78, 5) is 11.7. The van der Waals surface area contributed by atoms with E-state index in [1.54, 1.807) is 0 Å². The molecule has 0 radical (unpaired) electrons. The molecule has 0 spiro atoms. The van der Waals surface area contributed by atoms with Gasteiger partial charge in [-0.3, -0.25) is 10.1 Å². The first-order chi connectivity index (χ1) is 11.9. The van der Waals surface area contributed by atoms with Crippen molar-refractivity contribution in [1.29, 1.82) is 0 Å². The van der Waals surface area contributed by atoms with Crippen molar-refractivity contribution in [2.45, 2.75) is 30.7 Å². The summed E-state index contributed by atoms with van der Waals surface area (Å²) < 4.78 is 118. The highest BCUT2D eigenvalue weighted by atomic mass is 127. The molecule has 1 rings (SSSR count). The quantitative estimate of drug-likeness (QED) is 0.246. The third-order valence-corrected chi connectivity index (χ3v) is 4.86. The van der Waals surface area contributed by atoms with Crippen LogP contribution in [0.15, 0.2) is 38.1 Å². The number of halogens is 11. The Balaban J connectivity index is 3.24. The first kappa shape index (κ1) is 24.0. The number of amides is 1. The zero-order chi connectivity index (χ0) is 21.4. The van der Waals surface area contributed by atoms with Crippen LogP contribution < -0.4 is 5.32 Å². The number of alkyl halides is 8. The molecule has 0 aliphatic rings. The van der Waals surface area contributed by atoms with Crippen molar-refractivity contribution in [3.05, 3.63) is 43.7 Å². The molecule has 0 saturated heterocycles. The van der Waals surface area contributed by atoms with Crippen molar-refractivity contribution in [1.82, 2.24) is 5.32 Å². The van der Waals surface area contributed by atoms with Gasteiger partial charge in [-0.05, 0) is 53.8 Å². The lowest BCUT2D eigenvalue weighted by Gasteiger charge is -2.29. The number of hydrogen-bond acceptors (Lipinski definition) is 1. The molecular weight excluding hydrogens is 576 g/mol. The molecule has 13 heteroatoms. The van der Waals surface area contributed by atoms with Crippen LogP contribution in [0.2, 0.25) is 0 Å². The van der Waals surface area contributed by atoms with Gasteiger partial charge in [-0.1, -0.05) is 15.9 Å². The highest BCUT2D eigenvalue weighted by Gasteiger charge is 2.64. The lowest BCUT2D eigenvalue weighted by atomic mass is 10.0. The van der Waals surface area contributed by atoms with Crippen molar-refractivity contribution in [2.75, 3.05) is 0 Å². The van der Waals surface area contributed by atoms with E-state index in [0.29, 0.717) is 9.79 Å². The predicted molar refractivity (Wildman–Crippen MR) is 89.2 cm³/mol. The Kier molecular flexibility index (Phi) is 6.94. The highest BCUT2D eigenvalue weighted by molar-refractivity contribution is 14.1. The van der Waals surface area contributed by atoms with Gasteiger partial charge in [-0.2, -0.15) is 30.7 Å². The number of allylic oxidation sites excluding steroid dienone is 1. The van der Waals surface area contributed by atoms with Gasteiger partial charge in [0.05, 0.1) is 0 Å². The minimum atomic E-state index is -5.97. The second-order valence-corrected chi connectivity index (χ2v) is 7.23. The summed E-state index contributed by atoms with van der Waals surface area (Å²) in [5.41, 5.74) is -5.42. The van der Waals surface area contributed by atoms with E-state index in [1.165, 1.54) is 12.1 Å². The summed E-state index contributed by atoms with van der Waals surface area (Å²) in [6, 6.07) is -1.10. The van der Waals surface area contributed by atoms with Crippen LogP contribution in [0.1, 0.15) is 17.3 Å². The molecule has 27 heavy (non-hydrogen) atoms. The van der Waals surface area contributed by atoms with E-state index in [0.717, 1.165) is 12.1 Å². The van der Waals surface area contributed by atoms with Gasteiger partial charge in [-0.15, -0.1) is 0 Å². The Bertz CT molecular complexity index is 744. The molecule has 0 fully saturated rings. The molecule has 0 aliphatic carbocycles. The molecule has 1 aromatic carbocycles. The molecule has 1 atom stereocenters. The summed E-state index contributed by atoms with van der Waals surface area (Å²) in [6.07, 6.45) is -5.97. The van der Waals surface area contributed by atoms with Crippen molar-refractivity contribution in [3.8, 4) is 0 Å². The lowest BCUT2D eigenvalue weighted by Crippen LogP contribution is -2.55. The van der Waals surface area contributed by atoms with Gasteiger partial charge in [0.2, 0.25) is 0 Å². The van der Waals surface area contributed by atoms with Gasteiger partial charge in [-0.25, -0.2) is 8.78 Å². The fourth-order valence-corrected chi connectivity index (χ4v) is 2.61. The summed E-state index contributed by atoms with van der Waals surface area (Å²) in [6.45, 7) is -0.435. The Morgan fingerprint density at radius 1 is 1.00 bits per heavy atom. The molecule has 0 aromatic heterocycles. The van der Waals surface area contributed by atoms with Crippen LogP contribution in [0.5, 0.6) is 0 Å². The number of hydrogen-bond donors (Lipinski definition) is 1. The van der Waals surface area contributed by atoms with Crippen LogP contribution in [-0.4, -0.2) is 29.7 Å². The van der Waals surface area contributed by atoms with E-state index in [1.807, 2.05) is 0 Å². The second-order valence-electron chi connectivity index (χ2n) is 5.24. The average Bonchev–Trinajstić information content (AvgIpc) is 2.52. The van der Waals surface area contributed by atoms with Crippen LogP contribution in [0.3, 0.4) is 0 Å². The summed E-state index contributed by atoms with van der Waals surface area (Å²) >= 11 is 3.12. The Morgan fingerprint density at radius 2 is 1.44 bits per heavy atom. The normalized spacial score (nSPS) is 16.4. The van der Waals surface area contributed by atoms with Crippen molar-refractivity contribution >= 4 is 44.4 Å². The molecule has 152 valence electrons. The number of benzene rings is 1. The maximum atomic E-state index is 13.9. The van der Waals surface area contributed by atoms with Crippen molar-refractivity contribution < 1.29 is 44.3 Å². The number of nitrogens with one attached hydrogen (secondary N) is 1. The molecule has 0 bridgehead atoms. The summed E-state index contributed by atoms with van der Waals surface area (Å²) in [7, 11) is 0. The second kappa shape index (κ2) is 7.79. The first-order valence-corrected chi connectivity index (χ1v) is 8.48. The van der Waals surface area contributed by atoms with Crippen LogP contribution in [0.4, 0.5) is 39.5 Å². The first-order valence-electron chi connectivity index (χ1n) is 6.60. The predicted octanol–water partition coefficient (Wildman–Crippen LogP) is 6.31. The van der Waals surface area contributed by atoms with Gasteiger partial charge in [0.15, 0.2) is 5.83 Å². The lowest BCUT2D eigenvalue weighted by molar-refractivity contribution is -0.219. The van der Waals surface area contributed by atoms with Gasteiger partial charge >= 0.3 is 18.1 Å². The van der Waals surface area contributed by atoms with Gasteiger partial charge < -0.3 is 0 Å². The standard InChI is InChI=1S/C14H8BrF9INO/c1-11(17,13(20,21)22)8(16)9(25)12(18,19)14(23,24)26-10(27)6-2-4-7(15)5-3-6/h2-5H,1H3,(H,26,27)/b9-8+. The van der Waals surface area contributed by atoms with Crippen LogP contribution in [0.25, 0.3) is 0 Å². The molecule has 0 aliphatic heterocycles. The summed E-state index contributed by atoms with van der Waals surface area (Å²) in [5, 5.41) is 0.611. The van der Waals surface area contributed by atoms with E-state index in [4.69, 9.17) is 0 Å². The zero-order valence-electron chi connectivity index (χ0n) is 12.9. The fourth-order valence-electron chi connectivity index (χ4n) is 1.50. The monoisotopic (exact) mass is 583 g/mol. The SMILES string of the molecule is CC(F)(/C(F)=C(\I)C(F)(F)C(F)(F)NC(=O)c1ccc(Br)cc1)C(F)(F)F. The minimum absolute atomic E-state index is 0.144. The largest absolute Gasteiger partial charge is 0.428 e. The number of rotatable bonds is 5. The number of carbonyl (C=O) groups is 1. The fraction of sp³-hybridized carbons (Fsp3) is 0.357. The molecule has 1 amide bonds. The molecular formula is C14H8BrF9INO. The van der Waals surface area contributed by atoms with E-state index < -0.39 is 51.6 Å². The van der Waals surface area contributed by atoms with Crippen LogP contribution >= 0.6 is 38.5 Å². The highest BCUT2D eigenvalue weighted by Crippen LogP contribution is 2.49. The van der Waals surface area contributed by atoms with Gasteiger partial charge in [0.25, 0.3) is 11.6 Å². The Labute approximate surface area is 168 Å². The van der Waals surface area contributed by atoms with Crippen molar-refractivity contribution in [3.63, 3.8) is 0 Å². The molecule has 1 unspecified atom stereocenters. The maximum Gasteiger partial charge on any atom is 0.428 e. The van der Waals surface area contributed by atoms with E-state index in [-0.39, 0.29) is 22.6 Å². The molecule has 1 N–H and O–H groups in total. The number of carbonyl (C=O) groups excluding carboxylic acids is 1. The minimum Gasteiger partial charge on any atom is -0.288 e. The third kappa shape index (κ3) is 4.90. The summed E-state index contributed by atoms with van der Waals surface area (Å²) in [5.74, 6) is -10.5. The average molecular weight is 584 g/mol. The third-order valence-electron chi connectivity index (χ3n) is 3.18. The molecule has 1 aromatic rings. The Hall–Kier alpha value is -0.990. The van der Waals surface area contributed by atoms with Crippen LogP contribution in [-0.2, 0) is 0 Å². The zero-order valence-corrected chi connectivity index (χ0v) is 16.6. The molecule has 0 saturated carbocycles. The molecule has 2 nitrogen and oxygen atoms in total. The van der Waals surface area contributed by atoms with E-state index >= 15 is 0 Å². The maximum absolute atomic E-state index is 13.9. The van der Waals surface area contributed by atoms with Gasteiger partial charge in [0, 0.05) is 10.0 Å². The van der Waals surface area contributed by atoms with E-state index in [9.17, 15) is 44.3 Å². The Morgan fingerprint density at radius 3 is 1.85 bits per heavy atom. The van der Waals surface area contributed by atoms with Crippen LogP contribution in [0, 0.1) is 0 Å². The molecule has 0 heterocycles. The van der Waals surface area contributed by atoms with Gasteiger partial charge in [0.1, 0.15) is 3.58 Å². The topological polar surface area (TPSA) is 29.1 Å².